The Balaban J connectivity index is 1.43. The van der Waals surface area contributed by atoms with Crippen LogP contribution in [-0.2, 0) is 11.2 Å². The first kappa shape index (κ1) is 20.1. The van der Waals surface area contributed by atoms with Gasteiger partial charge >= 0.3 is 0 Å². The SMILES string of the molecule is O=C(CNc1ccc(Cl)cc1Cl)Nc1ccc(OCCc2ccccc2)cc1. The molecule has 6 heteroatoms. The summed E-state index contributed by atoms with van der Waals surface area (Å²) in [7, 11) is 0. The maximum atomic E-state index is 12.1. The maximum absolute atomic E-state index is 12.1. The van der Waals surface area contributed by atoms with Gasteiger partial charge in [-0.15, -0.1) is 0 Å². The average Bonchev–Trinajstić information content (AvgIpc) is 2.69. The van der Waals surface area contributed by atoms with E-state index < -0.39 is 0 Å². The third-order valence-electron chi connectivity index (χ3n) is 4.01. The molecule has 1 amide bonds. The zero-order valence-corrected chi connectivity index (χ0v) is 16.6. The second kappa shape index (κ2) is 10.0. The molecule has 2 N–H and O–H groups in total. The van der Waals surface area contributed by atoms with Gasteiger partial charge in [0.25, 0.3) is 0 Å². The van der Waals surface area contributed by atoms with Crippen LogP contribution in [0.3, 0.4) is 0 Å². The smallest absolute Gasteiger partial charge is 0.243 e. The monoisotopic (exact) mass is 414 g/mol. The van der Waals surface area contributed by atoms with Gasteiger partial charge in [0.15, 0.2) is 0 Å². The van der Waals surface area contributed by atoms with Gasteiger partial charge in [0.1, 0.15) is 5.75 Å². The highest BCUT2D eigenvalue weighted by Crippen LogP contribution is 2.25. The van der Waals surface area contributed by atoms with Gasteiger partial charge < -0.3 is 15.4 Å². The molecule has 0 spiro atoms. The Hall–Kier alpha value is -2.69. The lowest BCUT2D eigenvalue weighted by atomic mass is 10.2. The van der Waals surface area contributed by atoms with Crippen molar-refractivity contribution in [3.8, 4) is 5.75 Å². The van der Waals surface area contributed by atoms with E-state index in [1.54, 1.807) is 18.2 Å². The molecule has 0 fully saturated rings. The molecular formula is C22H20Cl2N2O2. The maximum Gasteiger partial charge on any atom is 0.243 e. The minimum atomic E-state index is -0.177. The lowest BCUT2D eigenvalue weighted by Gasteiger charge is -2.10. The van der Waals surface area contributed by atoms with Crippen molar-refractivity contribution in [1.82, 2.24) is 0 Å². The number of rotatable bonds is 8. The molecule has 28 heavy (non-hydrogen) atoms. The largest absolute Gasteiger partial charge is 0.493 e. The number of carbonyl (C=O) groups is 1. The van der Waals surface area contributed by atoms with Gasteiger partial charge in [-0.25, -0.2) is 0 Å². The Kier molecular flexibility index (Phi) is 7.18. The lowest BCUT2D eigenvalue weighted by Crippen LogP contribution is -2.21. The Labute approximate surface area is 174 Å². The molecule has 0 unspecified atom stereocenters. The molecule has 0 saturated carbocycles. The third-order valence-corrected chi connectivity index (χ3v) is 4.56. The molecule has 0 atom stereocenters. The number of anilines is 2. The van der Waals surface area contributed by atoms with Crippen molar-refractivity contribution >= 4 is 40.5 Å². The Morgan fingerprint density at radius 3 is 2.39 bits per heavy atom. The summed E-state index contributed by atoms with van der Waals surface area (Å²) in [6.07, 6.45) is 0.845. The summed E-state index contributed by atoms with van der Waals surface area (Å²) < 4.78 is 5.75. The van der Waals surface area contributed by atoms with E-state index in [2.05, 4.69) is 22.8 Å². The summed E-state index contributed by atoms with van der Waals surface area (Å²) in [5.41, 5.74) is 2.59. The standard InChI is InChI=1S/C22H20Cl2N2O2/c23-17-6-11-21(20(24)14-17)25-15-22(27)26-18-7-9-19(10-8-18)28-13-12-16-4-2-1-3-5-16/h1-11,14,25H,12-13,15H2,(H,26,27). The van der Waals surface area contributed by atoms with Gasteiger partial charge in [-0.3, -0.25) is 4.79 Å². The zero-order valence-electron chi connectivity index (χ0n) is 15.1. The summed E-state index contributed by atoms with van der Waals surface area (Å²) in [5.74, 6) is 0.587. The van der Waals surface area contributed by atoms with Crippen LogP contribution in [0.2, 0.25) is 10.0 Å². The minimum absolute atomic E-state index is 0.0939. The molecule has 0 heterocycles. The number of benzene rings is 3. The van der Waals surface area contributed by atoms with Crippen LogP contribution in [0.1, 0.15) is 5.56 Å². The molecular weight excluding hydrogens is 395 g/mol. The molecule has 4 nitrogen and oxygen atoms in total. The van der Waals surface area contributed by atoms with E-state index in [4.69, 9.17) is 27.9 Å². The number of hydrogen-bond donors (Lipinski definition) is 2. The van der Waals surface area contributed by atoms with E-state index >= 15 is 0 Å². The lowest BCUT2D eigenvalue weighted by molar-refractivity contribution is -0.114. The van der Waals surface area contributed by atoms with Crippen LogP contribution < -0.4 is 15.4 Å². The van der Waals surface area contributed by atoms with Crippen molar-refractivity contribution in [2.24, 2.45) is 0 Å². The summed E-state index contributed by atoms with van der Waals surface area (Å²) in [4.78, 5) is 12.1. The Bertz CT molecular complexity index is 916. The highest BCUT2D eigenvalue weighted by Gasteiger charge is 2.06. The molecule has 0 aromatic heterocycles. The van der Waals surface area contributed by atoms with Crippen molar-refractivity contribution in [2.45, 2.75) is 6.42 Å². The summed E-state index contributed by atoms with van der Waals surface area (Å²) in [6.45, 7) is 0.693. The highest BCUT2D eigenvalue weighted by molar-refractivity contribution is 6.36. The number of ether oxygens (including phenoxy) is 1. The quantitative estimate of drug-likeness (QED) is 0.499. The topological polar surface area (TPSA) is 50.4 Å². The summed E-state index contributed by atoms with van der Waals surface area (Å²) >= 11 is 11.9. The fraction of sp³-hybridized carbons (Fsp3) is 0.136. The van der Waals surface area contributed by atoms with Crippen molar-refractivity contribution < 1.29 is 9.53 Å². The highest BCUT2D eigenvalue weighted by atomic mass is 35.5. The van der Waals surface area contributed by atoms with Gasteiger partial charge in [0.05, 0.1) is 23.9 Å². The van der Waals surface area contributed by atoms with Crippen LogP contribution in [0, 0.1) is 0 Å². The number of halogens is 2. The fourth-order valence-corrected chi connectivity index (χ4v) is 3.05. The van der Waals surface area contributed by atoms with Crippen LogP contribution in [0.5, 0.6) is 5.75 Å². The minimum Gasteiger partial charge on any atom is -0.493 e. The number of carbonyl (C=O) groups excluding carboxylic acids is 1. The summed E-state index contributed by atoms with van der Waals surface area (Å²) in [6, 6.07) is 22.6. The second-order valence-electron chi connectivity index (χ2n) is 6.13. The predicted octanol–water partition coefficient (Wildman–Crippen LogP) is 5.67. The molecule has 0 aliphatic rings. The molecule has 0 aliphatic heterocycles. The summed E-state index contributed by atoms with van der Waals surface area (Å²) in [5, 5.41) is 6.83. The molecule has 0 bridgehead atoms. The van der Waals surface area contributed by atoms with E-state index in [9.17, 15) is 4.79 Å². The predicted molar refractivity (Wildman–Crippen MR) is 116 cm³/mol. The van der Waals surface area contributed by atoms with Crippen LogP contribution in [0.4, 0.5) is 11.4 Å². The van der Waals surface area contributed by atoms with Crippen molar-refractivity contribution in [2.75, 3.05) is 23.8 Å². The number of amides is 1. The van der Waals surface area contributed by atoms with E-state index in [1.165, 1.54) is 5.56 Å². The van der Waals surface area contributed by atoms with E-state index in [1.807, 2.05) is 42.5 Å². The van der Waals surface area contributed by atoms with Crippen LogP contribution in [0.25, 0.3) is 0 Å². The fourth-order valence-electron chi connectivity index (χ4n) is 2.58. The molecule has 3 rings (SSSR count). The van der Waals surface area contributed by atoms with Gasteiger partial charge in [0, 0.05) is 17.1 Å². The Morgan fingerprint density at radius 1 is 0.929 bits per heavy atom. The first-order valence-electron chi connectivity index (χ1n) is 8.86. The van der Waals surface area contributed by atoms with E-state index in [0.717, 1.165) is 12.2 Å². The van der Waals surface area contributed by atoms with E-state index in [-0.39, 0.29) is 12.5 Å². The molecule has 0 saturated heterocycles. The third kappa shape index (κ3) is 6.19. The van der Waals surface area contributed by atoms with Gasteiger partial charge in [-0.1, -0.05) is 53.5 Å². The number of nitrogens with one attached hydrogen (secondary N) is 2. The van der Waals surface area contributed by atoms with Crippen LogP contribution >= 0.6 is 23.2 Å². The molecule has 3 aromatic rings. The van der Waals surface area contributed by atoms with Crippen LogP contribution in [-0.4, -0.2) is 19.1 Å². The molecule has 144 valence electrons. The molecule has 0 radical (unpaired) electrons. The van der Waals surface area contributed by atoms with Gasteiger partial charge in [-0.05, 0) is 48.0 Å². The van der Waals surface area contributed by atoms with Gasteiger partial charge in [0.2, 0.25) is 5.91 Å². The Morgan fingerprint density at radius 2 is 1.68 bits per heavy atom. The van der Waals surface area contributed by atoms with Crippen molar-refractivity contribution in [3.63, 3.8) is 0 Å². The number of hydrogen-bond acceptors (Lipinski definition) is 3. The van der Waals surface area contributed by atoms with Gasteiger partial charge in [-0.2, -0.15) is 0 Å². The first-order valence-corrected chi connectivity index (χ1v) is 9.61. The second-order valence-corrected chi connectivity index (χ2v) is 6.98. The average molecular weight is 415 g/mol. The first-order chi connectivity index (χ1) is 13.6. The van der Waals surface area contributed by atoms with E-state index in [0.29, 0.717) is 28.0 Å². The van der Waals surface area contributed by atoms with Crippen molar-refractivity contribution in [3.05, 3.63) is 88.4 Å². The normalized spacial score (nSPS) is 10.4. The molecule has 3 aromatic carbocycles. The van der Waals surface area contributed by atoms with Crippen LogP contribution in [0.15, 0.2) is 72.8 Å². The van der Waals surface area contributed by atoms with Crippen molar-refractivity contribution in [1.29, 1.82) is 0 Å². The molecule has 0 aliphatic carbocycles. The zero-order chi connectivity index (χ0) is 19.8.